The maximum atomic E-state index is 13.5. The second-order valence-corrected chi connectivity index (χ2v) is 12.1. The summed E-state index contributed by atoms with van der Waals surface area (Å²) in [5.41, 5.74) is 4.36. The first-order valence-electron chi connectivity index (χ1n) is 12.5. The lowest BCUT2D eigenvalue weighted by molar-refractivity contribution is -0.121. The molecule has 0 atom stereocenters. The molecular formula is C30H26Cl3N3O5S. The van der Waals surface area contributed by atoms with Crippen LogP contribution in [0.1, 0.15) is 16.7 Å². The van der Waals surface area contributed by atoms with E-state index >= 15 is 0 Å². The summed E-state index contributed by atoms with van der Waals surface area (Å²) in [5.74, 6) is 0.351. The van der Waals surface area contributed by atoms with Gasteiger partial charge in [0.2, 0.25) is 10.0 Å². The van der Waals surface area contributed by atoms with E-state index in [2.05, 4.69) is 10.5 Å². The van der Waals surface area contributed by atoms with Gasteiger partial charge in [-0.3, -0.25) is 4.79 Å². The smallest absolute Gasteiger partial charge is 0.255 e. The maximum Gasteiger partial charge on any atom is 0.255 e. The minimum absolute atomic E-state index is 0.0481. The molecule has 8 nitrogen and oxygen atoms in total. The molecule has 218 valence electrons. The summed E-state index contributed by atoms with van der Waals surface area (Å²) in [7, 11) is -2.62. The molecule has 0 bridgehead atoms. The van der Waals surface area contributed by atoms with Crippen LogP contribution >= 0.6 is 34.8 Å². The number of rotatable bonds is 12. The summed E-state index contributed by atoms with van der Waals surface area (Å²) in [6.45, 7) is -0.433. The molecule has 0 aromatic heterocycles. The molecule has 0 spiro atoms. The van der Waals surface area contributed by atoms with Crippen LogP contribution in [0.5, 0.6) is 11.5 Å². The molecule has 0 heterocycles. The zero-order valence-corrected chi connectivity index (χ0v) is 25.4. The Morgan fingerprint density at radius 2 is 1.60 bits per heavy atom. The number of benzene rings is 4. The van der Waals surface area contributed by atoms with Crippen molar-refractivity contribution in [3.8, 4) is 11.5 Å². The van der Waals surface area contributed by atoms with Gasteiger partial charge < -0.3 is 9.47 Å². The molecule has 0 radical (unpaired) electrons. The van der Waals surface area contributed by atoms with Gasteiger partial charge in [-0.25, -0.2) is 13.8 Å². The predicted octanol–water partition coefficient (Wildman–Crippen LogP) is 6.58. The molecule has 4 aromatic carbocycles. The fourth-order valence-corrected chi connectivity index (χ4v) is 5.84. The van der Waals surface area contributed by atoms with Crippen molar-refractivity contribution in [2.45, 2.75) is 18.0 Å². The normalized spacial score (nSPS) is 11.5. The fourth-order valence-electron chi connectivity index (χ4n) is 3.83. The summed E-state index contributed by atoms with van der Waals surface area (Å²) in [4.78, 5) is 12.8. The number of carbonyl (C=O) groups is 1. The fraction of sp³-hybridized carbons (Fsp3) is 0.133. The SMILES string of the molecule is COc1cc(/C=N\NC(=O)CN(Cc2c(Cl)cccc2Cl)S(=O)(=O)c2ccc(Cl)cc2)ccc1OCc1ccccc1. The van der Waals surface area contributed by atoms with E-state index in [0.29, 0.717) is 34.3 Å². The summed E-state index contributed by atoms with van der Waals surface area (Å²) in [5, 5.41) is 4.89. The summed E-state index contributed by atoms with van der Waals surface area (Å²) >= 11 is 18.5. The molecule has 12 heteroatoms. The highest BCUT2D eigenvalue weighted by Crippen LogP contribution is 2.29. The first kappa shape index (κ1) is 31.3. The van der Waals surface area contributed by atoms with Crippen LogP contribution in [0.25, 0.3) is 0 Å². The van der Waals surface area contributed by atoms with E-state index in [-0.39, 0.29) is 21.5 Å². The molecule has 1 N–H and O–H groups in total. The number of methoxy groups -OCH3 is 1. The predicted molar refractivity (Wildman–Crippen MR) is 165 cm³/mol. The second-order valence-electron chi connectivity index (χ2n) is 8.90. The van der Waals surface area contributed by atoms with Crippen LogP contribution in [0.3, 0.4) is 0 Å². The van der Waals surface area contributed by atoms with Gasteiger partial charge in [0.15, 0.2) is 11.5 Å². The number of halogens is 3. The van der Waals surface area contributed by atoms with Gasteiger partial charge in [-0.1, -0.05) is 71.2 Å². The number of sulfonamides is 1. The minimum Gasteiger partial charge on any atom is -0.493 e. The molecule has 0 saturated carbocycles. The molecule has 0 aliphatic rings. The van der Waals surface area contributed by atoms with Crippen molar-refractivity contribution < 1.29 is 22.7 Å². The van der Waals surface area contributed by atoms with Crippen LogP contribution in [0.2, 0.25) is 15.1 Å². The van der Waals surface area contributed by atoms with Crippen LogP contribution in [0.15, 0.2) is 101 Å². The Kier molecular flexibility index (Phi) is 10.8. The molecule has 4 aromatic rings. The second kappa shape index (κ2) is 14.5. The van der Waals surface area contributed by atoms with Crippen molar-refractivity contribution >= 4 is 56.9 Å². The Morgan fingerprint density at radius 3 is 2.26 bits per heavy atom. The monoisotopic (exact) mass is 645 g/mol. The molecule has 1 amide bonds. The number of amides is 1. The van der Waals surface area contributed by atoms with Crippen molar-refractivity contribution in [3.63, 3.8) is 0 Å². The molecule has 4 rings (SSSR count). The van der Waals surface area contributed by atoms with Crippen LogP contribution in [-0.2, 0) is 28.0 Å². The topological polar surface area (TPSA) is 97.3 Å². The molecule has 0 saturated heterocycles. The maximum absolute atomic E-state index is 13.5. The lowest BCUT2D eigenvalue weighted by atomic mass is 10.2. The van der Waals surface area contributed by atoms with Crippen molar-refractivity contribution in [3.05, 3.63) is 123 Å². The number of ether oxygens (including phenoxy) is 2. The Hall–Kier alpha value is -3.60. The Bertz CT molecular complexity index is 1650. The van der Waals surface area contributed by atoms with Gasteiger partial charge in [0, 0.05) is 27.2 Å². The Labute approximate surface area is 259 Å². The lowest BCUT2D eigenvalue weighted by Gasteiger charge is -2.22. The van der Waals surface area contributed by atoms with Gasteiger partial charge >= 0.3 is 0 Å². The van der Waals surface area contributed by atoms with Crippen LogP contribution in [-0.4, -0.2) is 38.5 Å². The minimum atomic E-state index is -4.15. The molecular weight excluding hydrogens is 621 g/mol. The number of hydrogen-bond acceptors (Lipinski definition) is 6. The van der Waals surface area contributed by atoms with Crippen molar-refractivity contribution in [2.75, 3.05) is 13.7 Å². The zero-order valence-electron chi connectivity index (χ0n) is 22.3. The average molecular weight is 647 g/mol. The number of nitrogens with one attached hydrogen (secondary N) is 1. The van der Waals surface area contributed by atoms with E-state index in [1.54, 1.807) is 36.4 Å². The van der Waals surface area contributed by atoms with E-state index in [4.69, 9.17) is 44.3 Å². The van der Waals surface area contributed by atoms with E-state index < -0.39 is 22.5 Å². The number of nitrogens with zero attached hydrogens (tertiary/aromatic N) is 2. The average Bonchev–Trinajstić information content (AvgIpc) is 2.98. The standard InChI is InChI=1S/C30H26Cl3N3O5S/c1-40-29-16-22(10-15-28(29)41-20-21-6-3-2-4-7-21)17-34-35-30(37)19-36(18-25-26(32)8-5-9-27(25)33)42(38,39)24-13-11-23(31)12-14-24/h2-17H,18-20H2,1H3,(H,35,37)/b34-17-. The first-order chi connectivity index (χ1) is 20.2. The zero-order chi connectivity index (χ0) is 30.1. The van der Waals surface area contributed by atoms with Gasteiger partial charge in [-0.05, 0) is 65.7 Å². The highest BCUT2D eigenvalue weighted by Gasteiger charge is 2.28. The molecule has 0 unspecified atom stereocenters. The van der Waals surface area contributed by atoms with E-state index in [9.17, 15) is 13.2 Å². The summed E-state index contributed by atoms with van der Waals surface area (Å²) in [6, 6.07) is 25.3. The Morgan fingerprint density at radius 1 is 0.905 bits per heavy atom. The summed E-state index contributed by atoms with van der Waals surface area (Å²) < 4.78 is 39.3. The largest absolute Gasteiger partial charge is 0.493 e. The Balaban J connectivity index is 1.47. The molecule has 0 fully saturated rings. The van der Waals surface area contributed by atoms with Gasteiger partial charge in [0.05, 0.1) is 24.8 Å². The van der Waals surface area contributed by atoms with E-state index in [0.717, 1.165) is 9.87 Å². The van der Waals surface area contributed by atoms with E-state index in [1.165, 1.54) is 37.6 Å². The third-order valence-corrected chi connectivity index (χ3v) is 8.76. The van der Waals surface area contributed by atoms with Gasteiger partial charge in [-0.15, -0.1) is 0 Å². The quantitative estimate of drug-likeness (QED) is 0.139. The number of carbonyl (C=O) groups excluding carboxylic acids is 1. The van der Waals surface area contributed by atoms with Crippen molar-refractivity contribution in [1.29, 1.82) is 0 Å². The van der Waals surface area contributed by atoms with Crippen LogP contribution in [0, 0.1) is 0 Å². The summed E-state index contributed by atoms with van der Waals surface area (Å²) in [6.07, 6.45) is 1.41. The molecule has 42 heavy (non-hydrogen) atoms. The van der Waals surface area contributed by atoms with Crippen molar-refractivity contribution in [1.82, 2.24) is 9.73 Å². The number of hydrazone groups is 1. The van der Waals surface area contributed by atoms with Gasteiger partial charge in [-0.2, -0.15) is 9.41 Å². The molecule has 0 aliphatic heterocycles. The highest BCUT2D eigenvalue weighted by molar-refractivity contribution is 7.89. The van der Waals surface area contributed by atoms with Gasteiger partial charge in [0.1, 0.15) is 6.61 Å². The highest BCUT2D eigenvalue weighted by atomic mass is 35.5. The van der Waals surface area contributed by atoms with Crippen LogP contribution in [0.4, 0.5) is 0 Å². The lowest BCUT2D eigenvalue weighted by Crippen LogP contribution is -2.39. The first-order valence-corrected chi connectivity index (χ1v) is 15.1. The third kappa shape index (κ3) is 8.24. The van der Waals surface area contributed by atoms with Crippen LogP contribution < -0.4 is 14.9 Å². The van der Waals surface area contributed by atoms with E-state index in [1.807, 2.05) is 30.3 Å². The third-order valence-electron chi connectivity index (χ3n) is 6.00. The number of hydrogen-bond donors (Lipinski definition) is 1. The molecule has 0 aliphatic carbocycles. The van der Waals surface area contributed by atoms with Gasteiger partial charge in [0.25, 0.3) is 5.91 Å². The van der Waals surface area contributed by atoms with Crippen molar-refractivity contribution in [2.24, 2.45) is 5.10 Å².